The standard InChI is InChI=1S/C19H20N4O3/c1-19(2)9-15(13-6-4-5-7-16(13)25-19)21-18(24)17-8-14(22-26-17)12-10-20-23(3)11-12/h4-8,10-11,15H,9H2,1-3H3,(H,21,24)/t15-/m0/s1. The predicted molar refractivity (Wildman–Crippen MR) is 94.7 cm³/mol. The van der Waals surface area contributed by atoms with Gasteiger partial charge < -0.3 is 14.6 Å². The van der Waals surface area contributed by atoms with Crippen molar-refractivity contribution in [1.29, 1.82) is 0 Å². The van der Waals surface area contributed by atoms with Gasteiger partial charge in [0, 0.05) is 36.9 Å². The van der Waals surface area contributed by atoms with Crippen LogP contribution in [0.5, 0.6) is 5.75 Å². The molecule has 0 fully saturated rings. The summed E-state index contributed by atoms with van der Waals surface area (Å²) < 4.78 is 12.9. The molecule has 2 aromatic heterocycles. The Hall–Kier alpha value is -3.09. The first kappa shape index (κ1) is 16.4. The molecule has 1 N–H and O–H groups in total. The molecule has 134 valence electrons. The number of carbonyl (C=O) groups excluding carboxylic acids is 1. The Labute approximate surface area is 150 Å². The molecule has 0 radical (unpaired) electrons. The van der Waals surface area contributed by atoms with Crippen LogP contribution in [0, 0.1) is 0 Å². The van der Waals surface area contributed by atoms with Crippen molar-refractivity contribution in [3.8, 4) is 17.0 Å². The van der Waals surface area contributed by atoms with Crippen molar-refractivity contribution in [1.82, 2.24) is 20.3 Å². The molecule has 0 unspecified atom stereocenters. The molecule has 26 heavy (non-hydrogen) atoms. The lowest BCUT2D eigenvalue weighted by Crippen LogP contribution is -2.41. The summed E-state index contributed by atoms with van der Waals surface area (Å²) in [5, 5.41) is 11.1. The number of nitrogens with zero attached hydrogens (tertiary/aromatic N) is 3. The Bertz CT molecular complexity index is 957. The van der Waals surface area contributed by atoms with Crippen molar-refractivity contribution in [2.24, 2.45) is 7.05 Å². The minimum absolute atomic E-state index is 0.158. The Kier molecular flexibility index (Phi) is 3.79. The summed E-state index contributed by atoms with van der Waals surface area (Å²) in [6.45, 7) is 4.02. The van der Waals surface area contributed by atoms with Crippen LogP contribution in [0.3, 0.4) is 0 Å². The number of benzene rings is 1. The number of hydrogen-bond donors (Lipinski definition) is 1. The average molecular weight is 352 g/mol. The average Bonchev–Trinajstić information content (AvgIpc) is 3.22. The van der Waals surface area contributed by atoms with E-state index in [1.807, 2.05) is 51.4 Å². The van der Waals surface area contributed by atoms with Crippen molar-refractivity contribution in [2.45, 2.75) is 31.9 Å². The number of aromatic nitrogens is 3. The van der Waals surface area contributed by atoms with E-state index in [9.17, 15) is 4.79 Å². The number of carbonyl (C=O) groups is 1. The molecule has 1 aliphatic heterocycles. The van der Waals surface area contributed by atoms with Crippen LogP contribution in [0.2, 0.25) is 0 Å². The molecule has 1 aliphatic rings. The molecule has 4 rings (SSSR count). The molecule has 1 aromatic carbocycles. The summed E-state index contributed by atoms with van der Waals surface area (Å²) in [4.78, 5) is 12.7. The van der Waals surface area contributed by atoms with Crippen molar-refractivity contribution < 1.29 is 14.1 Å². The molecule has 0 saturated carbocycles. The van der Waals surface area contributed by atoms with E-state index in [4.69, 9.17) is 9.26 Å². The zero-order valence-corrected chi connectivity index (χ0v) is 14.9. The number of amides is 1. The fraction of sp³-hybridized carbons (Fsp3) is 0.316. The molecule has 7 nitrogen and oxygen atoms in total. The molecule has 1 amide bonds. The summed E-state index contributed by atoms with van der Waals surface area (Å²) in [5.74, 6) is 0.665. The molecular weight excluding hydrogens is 332 g/mol. The first-order valence-corrected chi connectivity index (χ1v) is 8.46. The Morgan fingerprint density at radius 2 is 2.15 bits per heavy atom. The third-order valence-corrected chi connectivity index (χ3v) is 4.42. The molecular formula is C19H20N4O3. The second-order valence-corrected chi connectivity index (χ2v) is 7.11. The van der Waals surface area contributed by atoms with Crippen LogP contribution in [0.25, 0.3) is 11.3 Å². The molecule has 3 heterocycles. The van der Waals surface area contributed by atoms with E-state index in [1.165, 1.54) is 0 Å². The van der Waals surface area contributed by atoms with Gasteiger partial charge in [0.1, 0.15) is 17.0 Å². The van der Waals surface area contributed by atoms with Gasteiger partial charge in [-0.3, -0.25) is 9.48 Å². The number of hydrogen-bond acceptors (Lipinski definition) is 5. The number of ether oxygens (including phenoxy) is 1. The molecule has 0 aliphatic carbocycles. The predicted octanol–water partition coefficient (Wildman–Crippen LogP) is 3.11. The van der Waals surface area contributed by atoms with E-state index in [2.05, 4.69) is 15.6 Å². The van der Waals surface area contributed by atoms with Gasteiger partial charge in [-0.15, -0.1) is 0 Å². The summed E-state index contributed by atoms with van der Waals surface area (Å²) in [5.41, 5.74) is 1.98. The van der Waals surface area contributed by atoms with Gasteiger partial charge >= 0.3 is 0 Å². The van der Waals surface area contributed by atoms with E-state index in [-0.39, 0.29) is 23.3 Å². The fourth-order valence-electron chi connectivity index (χ4n) is 3.23. The van der Waals surface area contributed by atoms with E-state index < -0.39 is 0 Å². The maximum absolute atomic E-state index is 12.7. The molecule has 7 heteroatoms. The van der Waals surface area contributed by atoms with E-state index >= 15 is 0 Å². The highest BCUT2D eigenvalue weighted by Gasteiger charge is 2.34. The van der Waals surface area contributed by atoms with Gasteiger partial charge in [-0.2, -0.15) is 5.10 Å². The number of aryl methyl sites for hydroxylation is 1. The van der Waals surface area contributed by atoms with Gasteiger partial charge in [0.15, 0.2) is 0 Å². The second-order valence-electron chi connectivity index (χ2n) is 7.11. The molecule has 0 saturated heterocycles. The highest BCUT2D eigenvalue weighted by Crippen LogP contribution is 2.39. The third-order valence-electron chi connectivity index (χ3n) is 4.42. The monoisotopic (exact) mass is 352 g/mol. The first-order valence-electron chi connectivity index (χ1n) is 8.46. The van der Waals surface area contributed by atoms with E-state index in [0.29, 0.717) is 12.1 Å². The van der Waals surface area contributed by atoms with Crippen molar-refractivity contribution in [2.75, 3.05) is 0 Å². The number of fused-ring (bicyclic) bond motifs is 1. The Morgan fingerprint density at radius 1 is 1.35 bits per heavy atom. The smallest absolute Gasteiger partial charge is 0.290 e. The first-order chi connectivity index (χ1) is 12.4. The molecule has 1 atom stereocenters. The van der Waals surface area contributed by atoms with Crippen molar-refractivity contribution in [3.63, 3.8) is 0 Å². The number of rotatable bonds is 3. The Balaban J connectivity index is 1.56. The van der Waals surface area contributed by atoms with Gasteiger partial charge in [0.2, 0.25) is 5.76 Å². The summed E-state index contributed by atoms with van der Waals surface area (Å²) >= 11 is 0. The maximum atomic E-state index is 12.7. The lowest BCUT2D eigenvalue weighted by atomic mass is 9.89. The minimum Gasteiger partial charge on any atom is -0.487 e. The lowest BCUT2D eigenvalue weighted by Gasteiger charge is -2.37. The van der Waals surface area contributed by atoms with Crippen LogP contribution in [0.15, 0.2) is 47.2 Å². The van der Waals surface area contributed by atoms with Crippen LogP contribution >= 0.6 is 0 Å². The largest absolute Gasteiger partial charge is 0.487 e. The lowest BCUT2D eigenvalue weighted by molar-refractivity contribution is 0.0609. The quantitative estimate of drug-likeness (QED) is 0.783. The summed E-state index contributed by atoms with van der Waals surface area (Å²) in [6.07, 6.45) is 4.16. The van der Waals surface area contributed by atoms with Crippen LogP contribution in [0.4, 0.5) is 0 Å². The number of nitrogens with one attached hydrogen (secondary N) is 1. The molecule has 3 aromatic rings. The van der Waals surface area contributed by atoms with Crippen LogP contribution in [-0.4, -0.2) is 26.4 Å². The maximum Gasteiger partial charge on any atom is 0.290 e. The van der Waals surface area contributed by atoms with Gasteiger partial charge in [-0.1, -0.05) is 23.4 Å². The third kappa shape index (κ3) is 3.08. The summed E-state index contributed by atoms with van der Waals surface area (Å²) in [7, 11) is 1.82. The van der Waals surface area contributed by atoms with Crippen LogP contribution in [0.1, 0.15) is 42.4 Å². The van der Waals surface area contributed by atoms with Gasteiger partial charge in [-0.25, -0.2) is 0 Å². The van der Waals surface area contributed by atoms with Crippen molar-refractivity contribution in [3.05, 3.63) is 54.0 Å². The normalized spacial score (nSPS) is 18.0. The zero-order valence-electron chi connectivity index (χ0n) is 14.9. The van der Waals surface area contributed by atoms with Crippen molar-refractivity contribution >= 4 is 5.91 Å². The zero-order chi connectivity index (χ0) is 18.3. The highest BCUT2D eigenvalue weighted by molar-refractivity contribution is 5.92. The SMILES string of the molecule is Cn1cc(-c2cc(C(=O)N[C@H]3CC(C)(C)Oc4ccccc43)on2)cn1. The van der Waals surface area contributed by atoms with Gasteiger partial charge in [0.25, 0.3) is 5.91 Å². The minimum atomic E-state index is -0.366. The fourth-order valence-corrected chi connectivity index (χ4v) is 3.23. The van der Waals surface area contributed by atoms with Gasteiger partial charge in [-0.05, 0) is 19.9 Å². The van der Waals surface area contributed by atoms with E-state index in [0.717, 1.165) is 16.9 Å². The van der Waals surface area contributed by atoms with Crippen LogP contribution in [-0.2, 0) is 7.05 Å². The topological polar surface area (TPSA) is 82.2 Å². The summed E-state index contributed by atoms with van der Waals surface area (Å²) in [6, 6.07) is 9.23. The second kappa shape index (κ2) is 6.01. The van der Waals surface area contributed by atoms with E-state index in [1.54, 1.807) is 16.9 Å². The van der Waals surface area contributed by atoms with Crippen LogP contribution < -0.4 is 10.1 Å². The Morgan fingerprint density at radius 3 is 2.92 bits per heavy atom. The highest BCUT2D eigenvalue weighted by atomic mass is 16.5. The number of para-hydroxylation sites is 1. The molecule has 0 spiro atoms. The van der Waals surface area contributed by atoms with Gasteiger partial charge in [0.05, 0.1) is 12.2 Å². The molecule has 0 bridgehead atoms.